The summed E-state index contributed by atoms with van der Waals surface area (Å²) in [6, 6.07) is 1.75. The van der Waals surface area contributed by atoms with Gasteiger partial charge in [-0.05, 0) is 28.9 Å². The quantitative estimate of drug-likeness (QED) is 0.766. The molecule has 0 atom stereocenters. The van der Waals surface area contributed by atoms with E-state index in [2.05, 4.69) is 20.9 Å². The summed E-state index contributed by atoms with van der Waals surface area (Å²) in [4.78, 5) is 14.6. The maximum atomic E-state index is 10.7. The first-order valence-electron chi connectivity index (χ1n) is 3.03. The van der Waals surface area contributed by atoms with Crippen LogP contribution in [0.25, 0.3) is 0 Å². The van der Waals surface area contributed by atoms with Crippen LogP contribution in [-0.4, -0.2) is 10.9 Å². The topological polar surface area (TPSA) is 56.0 Å². The van der Waals surface area contributed by atoms with Gasteiger partial charge in [0.15, 0.2) is 0 Å². The second-order valence-electron chi connectivity index (χ2n) is 2.17. The number of carbonyl (C=O) groups is 1. The van der Waals surface area contributed by atoms with Crippen molar-refractivity contribution in [2.75, 3.05) is 0 Å². The first kappa shape index (κ1) is 8.20. The van der Waals surface area contributed by atoms with Crippen LogP contribution in [0.5, 0.6) is 0 Å². The molecule has 2 N–H and O–H groups in total. The minimum absolute atomic E-state index is 0.413. The molecule has 1 rings (SSSR count). The predicted octanol–water partition coefficient (Wildman–Crippen LogP) is 1.25. The molecule has 1 aromatic rings. The van der Waals surface area contributed by atoms with Crippen LogP contribution in [0.4, 0.5) is 0 Å². The summed E-state index contributed by atoms with van der Waals surface area (Å²) < 4.78 is 0.692. The Bertz CT molecular complexity index is 298. The van der Waals surface area contributed by atoms with Gasteiger partial charge in [0.2, 0.25) is 0 Å². The molecule has 58 valence electrons. The van der Waals surface area contributed by atoms with Gasteiger partial charge >= 0.3 is 0 Å². The number of carbonyl (C=O) groups excluding carboxylic acids is 1. The third-order valence-corrected chi connectivity index (χ3v) is 1.91. The van der Waals surface area contributed by atoms with E-state index in [1.54, 1.807) is 6.07 Å². The molecule has 0 aromatic carbocycles. The zero-order valence-electron chi connectivity index (χ0n) is 5.97. The molecule has 0 unspecified atom stereocenters. The van der Waals surface area contributed by atoms with Crippen LogP contribution in [-0.2, 0) is 0 Å². The van der Waals surface area contributed by atoms with Crippen LogP contribution in [0.15, 0.2) is 16.7 Å². The van der Waals surface area contributed by atoms with Gasteiger partial charge in [0.1, 0.15) is 0 Å². The lowest BCUT2D eigenvalue weighted by molar-refractivity contribution is 0.0999. The highest BCUT2D eigenvalue weighted by molar-refractivity contribution is 9.10. The first-order chi connectivity index (χ1) is 5.11. The van der Waals surface area contributed by atoms with E-state index in [1.807, 2.05) is 6.92 Å². The van der Waals surface area contributed by atoms with E-state index in [4.69, 9.17) is 5.73 Å². The minimum Gasteiger partial charge on any atom is -0.366 e. The Kier molecular flexibility index (Phi) is 2.24. The summed E-state index contributed by atoms with van der Waals surface area (Å²) in [6.45, 7) is 1.84. The van der Waals surface area contributed by atoms with Crippen LogP contribution >= 0.6 is 15.9 Å². The molecule has 0 spiro atoms. The Hall–Kier alpha value is -0.900. The Labute approximate surface area is 72.7 Å². The molecule has 0 radical (unpaired) electrons. The number of rotatable bonds is 1. The van der Waals surface area contributed by atoms with Crippen LogP contribution < -0.4 is 5.73 Å². The SMILES string of the molecule is Cc1cc(Br)c(C(N)=O)cn1. The van der Waals surface area contributed by atoms with Crippen molar-refractivity contribution in [1.82, 2.24) is 4.98 Å². The fourth-order valence-corrected chi connectivity index (χ4v) is 1.34. The monoisotopic (exact) mass is 214 g/mol. The van der Waals surface area contributed by atoms with Crippen LogP contribution in [0.3, 0.4) is 0 Å². The first-order valence-corrected chi connectivity index (χ1v) is 3.82. The average Bonchev–Trinajstić information content (AvgIpc) is 1.85. The van der Waals surface area contributed by atoms with Gasteiger partial charge in [-0.25, -0.2) is 0 Å². The maximum absolute atomic E-state index is 10.7. The van der Waals surface area contributed by atoms with Gasteiger partial charge in [-0.2, -0.15) is 0 Å². The number of halogens is 1. The molecule has 1 aromatic heterocycles. The van der Waals surface area contributed by atoms with Gasteiger partial charge < -0.3 is 5.73 Å². The molecule has 1 amide bonds. The second kappa shape index (κ2) is 3.00. The van der Waals surface area contributed by atoms with Crippen LogP contribution in [0.2, 0.25) is 0 Å². The van der Waals surface area contributed by atoms with Crippen molar-refractivity contribution >= 4 is 21.8 Å². The third kappa shape index (κ3) is 1.77. The Morgan fingerprint density at radius 2 is 2.36 bits per heavy atom. The molecule has 0 bridgehead atoms. The fourth-order valence-electron chi connectivity index (χ4n) is 0.708. The largest absolute Gasteiger partial charge is 0.366 e. The molecular weight excluding hydrogens is 208 g/mol. The van der Waals surface area contributed by atoms with Crippen molar-refractivity contribution < 1.29 is 4.79 Å². The number of amides is 1. The molecule has 3 nitrogen and oxygen atoms in total. The number of hydrogen-bond donors (Lipinski definition) is 1. The summed E-state index contributed by atoms with van der Waals surface area (Å²) in [5.41, 5.74) is 6.32. The number of hydrogen-bond acceptors (Lipinski definition) is 2. The fraction of sp³-hybridized carbons (Fsp3) is 0.143. The van der Waals surface area contributed by atoms with E-state index in [-0.39, 0.29) is 0 Å². The Balaban J connectivity index is 3.20. The average molecular weight is 215 g/mol. The maximum Gasteiger partial charge on any atom is 0.251 e. The molecule has 0 aliphatic rings. The van der Waals surface area contributed by atoms with Crippen LogP contribution in [0.1, 0.15) is 16.1 Å². The molecular formula is C7H7BrN2O. The lowest BCUT2D eigenvalue weighted by Gasteiger charge is -1.98. The number of pyridine rings is 1. The number of primary amides is 1. The summed E-state index contributed by atoms with van der Waals surface area (Å²) in [5, 5.41) is 0. The van der Waals surface area contributed by atoms with Crippen molar-refractivity contribution in [3.63, 3.8) is 0 Å². The number of aryl methyl sites for hydroxylation is 1. The lowest BCUT2D eigenvalue weighted by Crippen LogP contribution is -2.12. The van der Waals surface area contributed by atoms with Gasteiger partial charge in [-0.1, -0.05) is 0 Å². The van der Waals surface area contributed by atoms with E-state index < -0.39 is 5.91 Å². The standard InChI is InChI=1S/C7H7BrN2O/c1-4-2-6(8)5(3-10-4)7(9)11/h2-3H,1H3,(H2,9,11). The van der Waals surface area contributed by atoms with Gasteiger partial charge in [-0.3, -0.25) is 9.78 Å². The van der Waals surface area contributed by atoms with Crippen molar-refractivity contribution in [3.8, 4) is 0 Å². The molecule has 0 saturated carbocycles. The zero-order chi connectivity index (χ0) is 8.43. The molecule has 0 aliphatic carbocycles. The molecule has 4 heteroatoms. The predicted molar refractivity (Wildman–Crippen MR) is 45.2 cm³/mol. The molecule has 0 fully saturated rings. The lowest BCUT2D eigenvalue weighted by atomic mass is 10.2. The summed E-state index contributed by atoms with van der Waals surface area (Å²) in [6.07, 6.45) is 1.46. The Morgan fingerprint density at radius 1 is 1.73 bits per heavy atom. The summed E-state index contributed by atoms with van der Waals surface area (Å²) in [7, 11) is 0. The molecule has 11 heavy (non-hydrogen) atoms. The molecule has 0 aliphatic heterocycles. The van der Waals surface area contributed by atoms with Gasteiger partial charge in [0.05, 0.1) is 5.56 Å². The molecule has 1 heterocycles. The van der Waals surface area contributed by atoms with Crippen molar-refractivity contribution in [2.24, 2.45) is 5.73 Å². The van der Waals surface area contributed by atoms with Crippen molar-refractivity contribution in [2.45, 2.75) is 6.92 Å². The van der Waals surface area contributed by atoms with Crippen molar-refractivity contribution in [1.29, 1.82) is 0 Å². The van der Waals surface area contributed by atoms with Gasteiger partial charge in [-0.15, -0.1) is 0 Å². The normalized spacial score (nSPS) is 9.64. The highest BCUT2D eigenvalue weighted by Crippen LogP contribution is 2.15. The van der Waals surface area contributed by atoms with E-state index in [1.165, 1.54) is 6.20 Å². The third-order valence-electron chi connectivity index (χ3n) is 1.26. The number of nitrogens with two attached hydrogens (primary N) is 1. The number of nitrogens with zero attached hydrogens (tertiary/aromatic N) is 1. The second-order valence-corrected chi connectivity index (χ2v) is 3.02. The van der Waals surface area contributed by atoms with Crippen molar-refractivity contribution in [3.05, 3.63) is 28.0 Å². The van der Waals surface area contributed by atoms with Gasteiger partial charge in [0, 0.05) is 16.4 Å². The van der Waals surface area contributed by atoms with Crippen LogP contribution in [0, 0.1) is 6.92 Å². The Morgan fingerprint density at radius 3 is 2.82 bits per heavy atom. The zero-order valence-corrected chi connectivity index (χ0v) is 7.55. The smallest absolute Gasteiger partial charge is 0.251 e. The highest BCUT2D eigenvalue weighted by atomic mass is 79.9. The van der Waals surface area contributed by atoms with E-state index in [0.717, 1.165) is 5.69 Å². The van der Waals surface area contributed by atoms with E-state index in [9.17, 15) is 4.79 Å². The van der Waals surface area contributed by atoms with E-state index in [0.29, 0.717) is 10.0 Å². The molecule has 0 saturated heterocycles. The summed E-state index contributed by atoms with van der Waals surface area (Å²) >= 11 is 3.21. The minimum atomic E-state index is -0.468. The van der Waals surface area contributed by atoms with E-state index >= 15 is 0 Å². The summed E-state index contributed by atoms with van der Waals surface area (Å²) in [5.74, 6) is -0.468. The van der Waals surface area contributed by atoms with Gasteiger partial charge in [0.25, 0.3) is 5.91 Å². The highest BCUT2D eigenvalue weighted by Gasteiger charge is 2.05. The number of aromatic nitrogens is 1.